The molecule has 1 aromatic carbocycles. The third-order valence-corrected chi connectivity index (χ3v) is 7.34. The molecule has 1 N–H and O–H groups in total. The highest BCUT2D eigenvalue weighted by atomic mass is 35.5. The minimum atomic E-state index is -0.547. The lowest BCUT2D eigenvalue weighted by Gasteiger charge is -2.43. The molecule has 162 valence electrons. The lowest BCUT2D eigenvalue weighted by Crippen LogP contribution is -2.48. The molecule has 0 unspecified atom stereocenters. The highest BCUT2D eigenvalue weighted by molar-refractivity contribution is 8.23. The number of thiocarbonyl (C=S) groups is 1. The van der Waals surface area contributed by atoms with Crippen molar-refractivity contribution in [1.29, 1.82) is 0 Å². The van der Waals surface area contributed by atoms with Crippen molar-refractivity contribution in [3.63, 3.8) is 0 Å². The number of amides is 1. The second kappa shape index (κ2) is 8.97. The van der Waals surface area contributed by atoms with Crippen LogP contribution in [0.4, 0.5) is 11.4 Å². The predicted molar refractivity (Wildman–Crippen MR) is 125 cm³/mol. The number of benzene rings is 1. The van der Waals surface area contributed by atoms with Crippen LogP contribution >= 0.6 is 35.6 Å². The van der Waals surface area contributed by atoms with E-state index >= 15 is 0 Å². The Morgan fingerprint density at radius 2 is 2.10 bits per heavy atom. The number of carbonyl (C=O) groups excluding carboxylic acids is 1. The van der Waals surface area contributed by atoms with Gasteiger partial charge in [-0.2, -0.15) is 0 Å². The minimum absolute atomic E-state index is 0.0409. The average molecular weight is 479 g/mol. The number of rotatable bonds is 4. The molecule has 2 aliphatic rings. The summed E-state index contributed by atoms with van der Waals surface area (Å²) in [6.07, 6.45) is 1.03. The molecule has 3 heterocycles. The number of anilines is 1. The zero-order valence-electron chi connectivity index (χ0n) is 16.3. The second-order valence-corrected chi connectivity index (χ2v) is 9.64. The number of fused-ring (bicyclic) bond motifs is 4. The van der Waals surface area contributed by atoms with Crippen LogP contribution in [0.15, 0.2) is 41.2 Å². The summed E-state index contributed by atoms with van der Waals surface area (Å²) in [5, 5.41) is 13.6. The quantitative estimate of drug-likeness (QED) is 0.408. The molecule has 0 aliphatic carbocycles. The van der Waals surface area contributed by atoms with Gasteiger partial charge in [0.2, 0.25) is 5.91 Å². The van der Waals surface area contributed by atoms with Crippen LogP contribution in [-0.2, 0) is 11.3 Å². The number of halogens is 1. The Morgan fingerprint density at radius 1 is 1.29 bits per heavy atom. The average Bonchev–Trinajstić information content (AvgIpc) is 2.74. The first-order valence-corrected chi connectivity index (χ1v) is 11.4. The fraction of sp³-hybridized carbons (Fsp3) is 0.350. The van der Waals surface area contributed by atoms with Crippen LogP contribution in [0.3, 0.4) is 0 Å². The van der Waals surface area contributed by atoms with E-state index in [1.165, 1.54) is 30.0 Å². The van der Waals surface area contributed by atoms with Gasteiger partial charge in [0.1, 0.15) is 4.32 Å². The Morgan fingerprint density at radius 3 is 2.84 bits per heavy atom. The molecule has 2 bridgehead atoms. The van der Waals surface area contributed by atoms with Crippen LogP contribution in [0, 0.1) is 16.0 Å². The van der Waals surface area contributed by atoms with Crippen LogP contribution in [0.1, 0.15) is 18.0 Å². The zero-order valence-corrected chi connectivity index (χ0v) is 18.7. The molecule has 1 amide bonds. The van der Waals surface area contributed by atoms with Crippen LogP contribution in [-0.4, -0.2) is 43.5 Å². The molecule has 0 radical (unpaired) electrons. The number of nitro benzene ring substituents is 1. The van der Waals surface area contributed by atoms with Gasteiger partial charge in [0.15, 0.2) is 0 Å². The maximum absolute atomic E-state index is 12.3. The number of hydrogen-bond donors (Lipinski definition) is 1. The highest BCUT2D eigenvalue weighted by Gasteiger charge is 2.35. The van der Waals surface area contributed by atoms with Crippen LogP contribution < -0.4 is 10.9 Å². The zero-order chi connectivity index (χ0) is 22.1. The van der Waals surface area contributed by atoms with Crippen LogP contribution in [0.5, 0.6) is 0 Å². The van der Waals surface area contributed by atoms with E-state index in [4.69, 9.17) is 23.8 Å². The van der Waals surface area contributed by atoms with Crippen molar-refractivity contribution in [3.8, 4) is 0 Å². The van der Waals surface area contributed by atoms with Crippen LogP contribution in [0.2, 0.25) is 5.02 Å². The van der Waals surface area contributed by atoms with E-state index in [0.29, 0.717) is 22.5 Å². The fourth-order valence-corrected chi connectivity index (χ4v) is 5.38. The van der Waals surface area contributed by atoms with Gasteiger partial charge in [-0.3, -0.25) is 19.7 Å². The summed E-state index contributed by atoms with van der Waals surface area (Å²) in [6, 6.07) is 9.29. The number of piperidine rings is 1. The Hall–Kier alpha value is -2.43. The fourth-order valence-electron chi connectivity index (χ4n) is 4.17. The number of non-ortho nitro benzene ring substituents is 1. The second-order valence-electron chi connectivity index (χ2n) is 7.63. The number of nitrogens with one attached hydrogen (secondary N) is 1. The van der Waals surface area contributed by atoms with Gasteiger partial charge in [-0.15, -0.1) is 0 Å². The lowest BCUT2D eigenvalue weighted by atomic mass is 9.83. The monoisotopic (exact) mass is 478 g/mol. The van der Waals surface area contributed by atoms with Crippen molar-refractivity contribution >= 4 is 57.2 Å². The number of nitrogens with zero attached hydrogens (tertiary/aromatic N) is 3. The van der Waals surface area contributed by atoms with Gasteiger partial charge in [0, 0.05) is 49.4 Å². The standard InChI is InChI=1S/C20H19ClN4O4S2/c21-15-7-14(25(28)29)4-5-16(15)22-18(26)11-31-20(30)23-8-12-6-13(10-23)17-2-1-3-19(27)24(17)9-12/h1-5,7,12-13H,6,8-11H2,(H,22,26)/t12-,13-/m0/s1. The molecule has 1 fully saturated rings. The number of hydrogen-bond acceptors (Lipinski definition) is 6. The number of thioether (sulfide) groups is 1. The van der Waals surface area contributed by atoms with Gasteiger partial charge in [0.05, 0.1) is 21.4 Å². The molecule has 0 spiro atoms. The summed E-state index contributed by atoms with van der Waals surface area (Å²) in [7, 11) is 0. The van der Waals surface area contributed by atoms with Gasteiger partial charge in [0.25, 0.3) is 11.2 Å². The number of likely N-dealkylation sites (tertiary alicyclic amines) is 1. The van der Waals surface area contributed by atoms with E-state index in [1.54, 1.807) is 12.1 Å². The summed E-state index contributed by atoms with van der Waals surface area (Å²) in [6.45, 7) is 2.18. The Balaban J connectivity index is 1.34. The van der Waals surface area contributed by atoms with Crippen molar-refractivity contribution < 1.29 is 9.72 Å². The number of nitro groups is 1. The Labute approximate surface area is 192 Å². The first-order chi connectivity index (χ1) is 14.8. The van der Waals surface area contributed by atoms with E-state index in [0.717, 1.165) is 25.2 Å². The molecule has 2 atom stereocenters. The van der Waals surface area contributed by atoms with Crippen molar-refractivity contribution in [2.75, 3.05) is 24.2 Å². The SMILES string of the molecule is O=C(CSC(=S)N1C[C@@H]2C[C@@H](C1)c1cccc(=O)n1C2)Nc1ccc([N+](=O)[O-])cc1Cl. The third-order valence-electron chi connectivity index (χ3n) is 5.50. The highest BCUT2D eigenvalue weighted by Crippen LogP contribution is 2.36. The number of carbonyl (C=O) groups is 1. The van der Waals surface area contributed by atoms with Gasteiger partial charge in [-0.25, -0.2) is 0 Å². The maximum Gasteiger partial charge on any atom is 0.271 e. The van der Waals surface area contributed by atoms with E-state index in [9.17, 15) is 19.7 Å². The normalized spacial score (nSPS) is 19.5. The first kappa shape index (κ1) is 21.8. The Kier molecular flexibility index (Phi) is 6.31. The van der Waals surface area contributed by atoms with Crippen molar-refractivity contribution in [2.45, 2.75) is 18.9 Å². The molecule has 2 aromatic rings. The third kappa shape index (κ3) is 4.76. The molecule has 8 nitrogen and oxygen atoms in total. The summed E-state index contributed by atoms with van der Waals surface area (Å²) in [5.74, 6) is 0.399. The topological polar surface area (TPSA) is 97.5 Å². The van der Waals surface area contributed by atoms with Gasteiger partial charge in [-0.05, 0) is 24.5 Å². The molecule has 4 rings (SSSR count). The van der Waals surface area contributed by atoms with Gasteiger partial charge >= 0.3 is 0 Å². The van der Waals surface area contributed by atoms with Crippen molar-refractivity contribution in [2.24, 2.45) is 5.92 Å². The van der Waals surface area contributed by atoms with Crippen molar-refractivity contribution in [3.05, 3.63) is 67.6 Å². The van der Waals surface area contributed by atoms with Gasteiger partial charge < -0.3 is 14.8 Å². The smallest absolute Gasteiger partial charge is 0.271 e. The van der Waals surface area contributed by atoms with Crippen LogP contribution in [0.25, 0.3) is 0 Å². The summed E-state index contributed by atoms with van der Waals surface area (Å²) in [5.41, 5.74) is 1.27. The summed E-state index contributed by atoms with van der Waals surface area (Å²) >= 11 is 12.9. The molecule has 2 aliphatic heterocycles. The first-order valence-electron chi connectivity index (χ1n) is 9.67. The molecule has 31 heavy (non-hydrogen) atoms. The molecule has 1 aromatic heterocycles. The maximum atomic E-state index is 12.3. The summed E-state index contributed by atoms with van der Waals surface area (Å²) < 4.78 is 2.51. The van der Waals surface area contributed by atoms with Crippen molar-refractivity contribution in [1.82, 2.24) is 9.47 Å². The Bertz CT molecular complexity index is 1120. The lowest BCUT2D eigenvalue weighted by molar-refractivity contribution is -0.384. The van der Waals surface area contributed by atoms with E-state index < -0.39 is 4.92 Å². The number of pyridine rings is 1. The van der Waals surface area contributed by atoms with E-state index in [-0.39, 0.29) is 33.8 Å². The molecule has 1 saturated heterocycles. The largest absolute Gasteiger partial charge is 0.356 e. The van der Waals surface area contributed by atoms with E-state index in [2.05, 4.69) is 10.2 Å². The number of aromatic nitrogens is 1. The molecular formula is C20H19ClN4O4S2. The predicted octanol–water partition coefficient (Wildman–Crippen LogP) is 3.49. The molecule has 0 saturated carbocycles. The summed E-state index contributed by atoms with van der Waals surface area (Å²) in [4.78, 5) is 36.8. The molecular weight excluding hydrogens is 460 g/mol. The molecule has 11 heteroatoms. The minimum Gasteiger partial charge on any atom is -0.356 e. The van der Waals surface area contributed by atoms with E-state index in [1.807, 2.05) is 10.6 Å². The van der Waals surface area contributed by atoms with Gasteiger partial charge in [-0.1, -0.05) is 41.6 Å².